The summed E-state index contributed by atoms with van der Waals surface area (Å²) in [5.41, 5.74) is 16.8. The lowest BCUT2D eigenvalue weighted by Crippen LogP contribution is -2.61. The highest BCUT2D eigenvalue weighted by molar-refractivity contribution is 7.99. The van der Waals surface area contributed by atoms with Gasteiger partial charge in [0.15, 0.2) is 0 Å². The van der Waals surface area contributed by atoms with Crippen LogP contribution in [0.15, 0.2) is 30.3 Å². The Morgan fingerprint density at radius 1 is 0.779 bits per heavy atom. The van der Waals surface area contributed by atoms with Crippen LogP contribution in [0.2, 0.25) is 0 Å². The van der Waals surface area contributed by atoms with Gasteiger partial charge in [0.2, 0.25) is 65.0 Å². The Balaban J connectivity index is 2.62. The van der Waals surface area contributed by atoms with Crippen LogP contribution in [0.4, 0.5) is 0 Å². The van der Waals surface area contributed by atoms with E-state index in [0.29, 0.717) is 19.3 Å². The molecule has 22 nitrogen and oxygen atoms in total. The fraction of sp³-hybridized carbons (Fsp3) is 0.622. The van der Waals surface area contributed by atoms with E-state index in [9.17, 15) is 52.7 Å². The summed E-state index contributed by atoms with van der Waals surface area (Å²) in [5, 5.41) is 18.1. The predicted octanol–water partition coefficient (Wildman–Crippen LogP) is -1.87. The van der Waals surface area contributed by atoms with Gasteiger partial charge >= 0.3 is 0 Å². The molecular formula is C45H71N11O11S. The molecule has 11 amide bonds. The second-order valence-corrected chi connectivity index (χ2v) is 18.5. The maximum Gasteiger partial charge on any atom is 0.245 e. The van der Waals surface area contributed by atoms with E-state index in [1.807, 2.05) is 20.8 Å². The number of nitrogens with zero attached hydrogens (tertiary/aromatic N) is 1. The molecule has 0 radical (unpaired) electrons. The molecule has 1 aromatic carbocycles. The Morgan fingerprint density at radius 2 is 1.43 bits per heavy atom. The zero-order valence-corrected chi connectivity index (χ0v) is 40.5. The van der Waals surface area contributed by atoms with Gasteiger partial charge in [-0.2, -0.15) is 11.8 Å². The molecule has 0 unspecified atom stereocenters. The highest BCUT2D eigenvalue weighted by Crippen LogP contribution is 2.15. The molecule has 13 N–H and O–H groups in total. The summed E-state index contributed by atoms with van der Waals surface area (Å²) in [5.74, 6) is -8.95. The molecule has 0 bridgehead atoms. The van der Waals surface area contributed by atoms with Gasteiger partial charge in [-0.05, 0) is 48.8 Å². The van der Waals surface area contributed by atoms with Gasteiger partial charge in [0.05, 0.1) is 19.5 Å². The van der Waals surface area contributed by atoms with Crippen LogP contribution in [0, 0.1) is 11.8 Å². The van der Waals surface area contributed by atoms with Crippen LogP contribution in [-0.2, 0) is 59.2 Å². The molecule has 1 aromatic rings. The van der Waals surface area contributed by atoms with E-state index in [2.05, 4.69) is 37.2 Å². The van der Waals surface area contributed by atoms with Crippen molar-refractivity contribution in [1.29, 1.82) is 0 Å². The second kappa shape index (κ2) is 30.2. The normalized spacial score (nSPS) is 21.0. The number of rotatable bonds is 21. The third-order valence-electron chi connectivity index (χ3n) is 10.9. The maximum atomic E-state index is 14.5. The van der Waals surface area contributed by atoms with Gasteiger partial charge in [0.25, 0.3) is 0 Å². The van der Waals surface area contributed by atoms with E-state index in [1.54, 1.807) is 44.2 Å². The van der Waals surface area contributed by atoms with Crippen molar-refractivity contribution in [3.63, 3.8) is 0 Å². The molecule has 0 aliphatic carbocycles. The summed E-state index contributed by atoms with van der Waals surface area (Å²) in [6, 6.07) is 0.817. The fourth-order valence-corrected chi connectivity index (χ4v) is 7.97. The smallest absolute Gasteiger partial charge is 0.245 e. The minimum absolute atomic E-state index is 0.0449. The highest BCUT2D eigenvalue weighted by Gasteiger charge is 2.36. The number of carbonyl (C=O) groups is 11. The number of thioether (sulfide) groups is 1. The standard InChI is InChI=1S/C45H71N11O11S/c1-6-8-18-56(25-38(61)51-31(21-26(3)4)40(62)49-24-36(48)59)45(67)30-16-19-68-20-17-37(60)50-32(22-28-12-10-9-11-13-28)43(65)55-39(27(5)7-2)44(66)52-29(14-15-34(46)57)41(63)54-33(23-35(47)58)42(64)53-30/h9-13,26-27,29-33,39H,6-8,14-25H2,1-5H3,(H2,46,57)(H2,47,58)(H2,48,59)(H,49,62)(H,50,60)(H,51,61)(H,52,66)(H,53,64)(H,54,63)(H,55,65)/t27-,29-,30-,31-,32-,33-,39-/m0/s1. The fourth-order valence-electron chi connectivity index (χ4n) is 7.03. The van der Waals surface area contributed by atoms with E-state index in [0.717, 1.165) is 5.56 Å². The van der Waals surface area contributed by atoms with E-state index in [1.165, 1.54) is 16.7 Å². The number of primary amides is 3. The largest absolute Gasteiger partial charge is 0.370 e. The maximum absolute atomic E-state index is 14.5. The van der Waals surface area contributed by atoms with Gasteiger partial charge in [-0.3, -0.25) is 52.7 Å². The van der Waals surface area contributed by atoms with Gasteiger partial charge in [0, 0.05) is 31.6 Å². The number of unbranched alkanes of at least 4 members (excludes halogenated alkanes) is 1. The molecule has 378 valence electrons. The minimum atomic E-state index is -1.71. The van der Waals surface area contributed by atoms with Gasteiger partial charge in [-0.15, -0.1) is 0 Å². The lowest BCUT2D eigenvalue weighted by molar-refractivity contribution is -0.141. The van der Waals surface area contributed by atoms with Gasteiger partial charge in [-0.1, -0.05) is 77.8 Å². The molecular weight excluding hydrogens is 903 g/mol. The molecule has 0 aromatic heterocycles. The quantitative estimate of drug-likeness (QED) is 0.0648. The van der Waals surface area contributed by atoms with Crippen LogP contribution in [0.5, 0.6) is 0 Å². The number of benzene rings is 1. The Kier molecular flexibility index (Phi) is 25.7. The van der Waals surface area contributed by atoms with Crippen molar-refractivity contribution in [3.8, 4) is 0 Å². The molecule has 68 heavy (non-hydrogen) atoms. The summed E-state index contributed by atoms with van der Waals surface area (Å²) in [6.07, 6.45) is 0.0156. The first kappa shape index (κ1) is 57.9. The first-order valence-corrected chi connectivity index (χ1v) is 24.1. The van der Waals surface area contributed by atoms with Crippen LogP contribution >= 0.6 is 11.8 Å². The van der Waals surface area contributed by atoms with E-state index < -0.39 is 133 Å². The van der Waals surface area contributed by atoms with Crippen molar-refractivity contribution >= 4 is 76.7 Å². The molecule has 1 saturated heterocycles. The van der Waals surface area contributed by atoms with E-state index >= 15 is 0 Å². The average Bonchev–Trinajstić information content (AvgIpc) is 3.27. The Labute approximate surface area is 401 Å². The van der Waals surface area contributed by atoms with Crippen LogP contribution in [0.25, 0.3) is 0 Å². The first-order chi connectivity index (χ1) is 32.1. The second-order valence-electron chi connectivity index (χ2n) is 17.2. The molecule has 23 heteroatoms. The molecule has 1 heterocycles. The third-order valence-corrected chi connectivity index (χ3v) is 12.0. The summed E-state index contributed by atoms with van der Waals surface area (Å²) in [6.45, 7) is 8.02. The number of nitrogens with two attached hydrogens (primary N) is 3. The van der Waals surface area contributed by atoms with Gasteiger partial charge in [-0.25, -0.2) is 0 Å². The van der Waals surface area contributed by atoms with E-state index in [4.69, 9.17) is 17.2 Å². The topological polar surface area (TPSA) is 353 Å². The molecule has 7 atom stereocenters. The average molecular weight is 974 g/mol. The van der Waals surface area contributed by atoms with Crippen LogP contribution in [0.3, 0.4) is 0 Å². The van der Waals surface area contributed by atoms with Gasteiger partial charge < -0.3 is 59.3 Å². The zero-order valence-electron chi connectivity index (χ0n) is 39.7. The SMILES string of the molecule is CCCCN(CC(=O)N[C@@H](CC(C)C)C(=O)NCC(N)=O)C(=O)[C@@H]1CCSCCC(=O)N[C@@H](Cc2ccccc2)C(=O)N[C@@H]([C@@H](C)CC)C(=O)N[C@@H](CCC(N)=O)C(=O)N[C@@H](CC(N)=O)C(=O)N1. The molecule has 0 spiro atoms. The predicted molar refractivity (Wildman–Crippen MR) is 253 cm³/mol. The molecule has 1 aliphatic heterocycles. The van der Waals surface area contributed by atoms with E-state index in [-0.39, 0.29) is 56.1 Å². The highest BCUT2D eigenvalue weighted by atomic mass is 32.2. The number of amides is 11. The molecule has 1 fully saturated rings. The first-order valence-electron chi connectivity index (χ1n) is 23.0. The van der Waals surface area contributed by atoms with Crippen molar-refractivity contribution in [2.24, 2.45) is 29.0 Å². The lowest BCUT2D eigenvalue weighted by atomic mass is 9.96. The van der Waals surface area contributed by atoms with Crippen molar-refractivity contribution in [2.45, 2.75) is 135 Å². The van der Waals surface area contributed by atoms with Crippen molar-refractivity contribution in [2.75, 3.05) is 31.1 Å². The summed E-state index contributed by atoms with van der Waals surface area (Å²) in [4.78, 5) is 147. The van der Waals surface area contributed by atoms with Gasteiger partial charge in [0.1, 0.15) is 36.3 Å². The van der Waals surface area contributed by atoms with Crippen molar-refractivity contribution in [3.05, 3.63) is 35.9 Å². The number of hydrogen-bond acceptors (Lipinski definition) is 12. The third kappa shape index (κ3) is 21.6. The number of nitrogens with one attached hydrogen (secondary N) is 7. The number of carbonyl (C=O) groups excluding carboxylic acids is 11. The Hall–Kier alpha value is -6.26. The Bertz CT molecular complexity index is 1920. The zero-order chi connectivity index (χ0) is 50.9. The monoisotopic (exact) mass is 974 g/mol. The lowest BCUT2D eigenvalue weighted by Gasteiger charge is -2.30. The molecule has 0 saturated carbocycles. The van der Waals surface area contributed by atoms with Crippen LogP contribution in [-0.4, -0.2) is 137 Å². The number of hydrogen-bond donors (Lipinski definition) is 10. The van der Waals surface area contributed by atoms with Crippen LogP contribution in [0.1, 0.15) is 98.0 Å². The summed E-state index contributed by atoms with van der Waals surface area (Å²) in [7, 11) is 0. The Morgan fingerprint density at radius 3 is 2.03 bits per heavy atom. The minimum Gasteiger partial charge on any atom is -0.370 e. The molecule has 2 rings (SSSR count). The van der Waals surface area contributed by atoms with Crippen LogP contribution < -0.4 is 54.4 Å². The molecule has 1 aliphatic rings. The summed E-state index contributed by atoms with van der Waals surface area (Å²) < 4.78 is 0. The summed E-state index contributed by atoms with van der Waals surface area (Å²) >= 11 is 1.25. The van der Waals surface area contributed by atoms with Crippen molar-refractivity contribution in [1.82, 2.24) is 42.1 Å². The van der Waals surface area contributed by atoms with Crippen molar-refractivity contribution < 1.29 is 52.7 Å².